The van der Waals surface area contributed by atoms with Crippen molar-refractivity contribution in [1.29, 1.82) is 0 Å². The Kier molecular flexibility index (Phi) is 1.65. The minimum Gasteiger partial charge on any atom is -0.339 e. The maximum Gasteiger partial charge on any atom is 0.232 e. The standard InChI is InChI=1S/C8H13N3O/c1-8(3-4-8)7-10-6(2-5-9)11-12-7/h2-5,9H2,1H3. The van der Waals surface area contributed by atoms with Gasteiger partial charge in [0, 0.05) is 11.8 Å². The maximum absolute atomic E-state index is 5.37. The van der Waals surface area contributed by atoms with E-state index in [0.29, 0.717) is 13.0 Å². The Hall–Kier alpha value is -0.900. The smallest absolute Gasteiger partial charge is 0.232 e. The predicted molar refractivity (Wildman–Crippen MR) is 43.6 cm³/mol. The molecule has 4 heteroatoms. The molecule has 0 bridgehead atoms. The summed E-state index contributed by atoms with van der Waals surface area (Å²) in [5.74, 6) is 1.52. The number of nitrogens with two attached hydrogens (primary N) is 1. The molecule has 66 valence electrons. The van der Waals surface area contributed by atoms with Crippen molar-refractivity contribution >= 4 is 0 Å². The summed E-state index contributed by atoms with van der Waals surface area (Å²) in [4.78, 5) is 4.28. The van der Waals surface area contributed by atoms with Crippen LogP contribution in [0.5, 0.6) is 0 Å². The van der Waals surface area contributed by atoms with Gasteiger partial charge in [-0.25, -0.2) is 0 Å². The number of nitrogens with zero attached hydrogens (tertiary/aromatic N) is 2. The molecule has 1 saturated carbocycles. The normalized spacial score (nSPS) is 19.5. The summed E-state index contributed by atoms with van der Waals surface area (Å²) < 4.78 is 5.13. The minimum absolute atomic E-state index is 0.180. The number of hydrogen-bond acceptors (Lipinski definition) is 4. The first-order valence-corrected chi connectivity index (χ1v) is 4.28. The first-order chi connectivity index (χ1) is 5.74. The van der Waals surface area contributed by atoms with E-state index < -0.39 is 0 Å². The molecule has 4 nitrogen and oxygen atoms in total. The van der Waals surface area contributed by atoms with E-state index in [4.69, 9.17) is 10.3 Å². The van der Waals surface area contributed by atoms with Crippen LogP contribution in [0, 0.1) is 0 Å². The fraction of sp³-hybridized carbons (Fsp3) is 0.750. The van der Waals surface area contributed by atoms with Crippen molar-refractivity contribution in [3.05, 3.63) is 11.7 Å². The lowest BCUT2D eigenvalue weighted by Crippen LogP contribution is -2.05. The fourth-order valence-electron chi connectivity index (χ4n) is 1.13. The quantitative estimate of drug-likeness (QED) is 0.716. The van der Waals surface area contributed by atoms with Gasteiger partial charge in [-0.05, 0) is 19.4 Å². The first-order valence-electron chi connectivity index (χ1n) is 4.28. The summed E-state index contributed by atoms with van der Waals surface area (Å²) in [5.41, 5.74) is 5.55. The average molecular weight is 167 g/mol. The molecule has 1 aliphatic carbocycles. The number of aromatic nitrogens is 2. The van der Waals surface area contributed by atoms with E-state index in [2.05, 4.69) is 17.1 Å². The van der Waals surface area contributed by atoms with Gasteiger partial charge in [-0.1, -0.05) is 12.1 Å². The Bertz CT molecular complexity index is 278. The molecule has 0 atom stereocenters. The van der Waals surface area contributed by atoms with Crippen LogP contribution >= 0.6 is 0 Å². The second-order valence-corrected chi connectivity index (χ2v) is 3.62. The maximum atomic E-state index is 5.37. The Morgan fingerprint density at radius 1 is 1.58 bits per heavy atom. The van der Waals surface area contributed by atoms with Gasteiger partial charge in [0.25, 0.3) is 0 Å². The van der Waals surface area contributed by atoms with E-state index in [-0.39, 0.29) is 5.41 Å². The molecule has 0 aliphatic heterocycles. The number of hydrogen-bond donors (Lipinski definition) is 1. The molecule has 2 N–H and O–H groups in total. The van der Waals surface area contributed by atoms with Crippen LogP contribution in [0.25, 0.3) is 0 Å². The van der Waals surface area contributed by atoms with Crippen LogP contribution in [0.15, 0.2) is 4.52 Å². The minimum atomic E-state index is 0.180. The van der Waals surface area contributed by atoms with Gasteiger partial charge in [-0.15, -0.1) is 0 Å². The van der Waals surface area contributed by atoms with Crippen molar-refractivity contribution in [3.8, 4) is 0 Å². The second-order valence-electron chi connectivity index (χ2n) is 3.62. The van der Waals surface area contributed by atoms with Gasteiger partial charge in [-0.2, -0.15) is 4.98 Å². The first kappa shape index (κ1) is 7.73. The number of rotatable bonds is 3. The van der Waals surface area contributed by atoms with Gasteiger partial charge in [0.05, 0.1) is 0 Å². The molecular formula is C8H13N3O. The summed E-state index contributed by atoms with van der Waals surface area (Å²) in [5, 5.41) is 3.85. The second kappa shape index (κ2) is 2.55. The summed E-state index contributed by atoms with van der Waals surface area (Å²) in [6.07, 6.45) is 3.04. The van der Waals surface area contributed by atoms with E-state index in [1.54, 1.807) is 0 Å². The predicted octanol–water partition coefficient (Wildman–Crippen LogP) is 0.622. The Balaban J connectivity index is 2.13. The van der Waals surface area contributed by atoms with Gasteiger partial charge in [0.15, 0.2) is 5.82 Å². The molecule has 2 rings (SSSR count). The van der Waals surface area contributed by atoms with Crippen LogP contribution in [-0.4, -0.2) is 16.7 Å². The van der Waals surface area contributed by atoms with Gasteiger partial charge >= 0.3 is 0 Å². The molecule has 0 aromatic carbocycles. The molecule has 0 saturated heterocycles. The van der Waals surface area contributed by atoms with E-state index in [1.807, 2.05) is 0 Å². The highest BCUT2D eigenvalue weighted by atomic mass is 16.5. The monoisotopic (exact) mass is 167 g/mol. The van der Waals surface area contributed by atoms with Crippen molar-refractivity contribution < 1.29 is 4.52 Å². The molecule has 1 heterocycles. The Morgan fingerprint density at radius 2 is 2.33 bits per heavy atom. The van der Waals surface area contributed by atoms with Gasteiger partial charge in [0.1, 0.15) is 0 Å². The SMILES string of the molecule is CC1(c2nc(CCN)no2)CC1. The zero-order chi connectivity index (χ0) is 8.60. The summed E-state index contributed by atoms with van der Waals surface area (Å²) in [7, 11) is 0. The summed E-state index contributed by atoms with van der Waals surface area (Å²) >= 11 is 0. The lowest BCUT2D eigenvalue weighted by atomic mass is 10.1. The molecule has 0 radical (unpaired) electrons. The lowest BCUT2D eigenvalue weighted by molar-refractivity contribution is 0.349. The van der Waals surface area contributed by atoms with Crippen molar-refractivity contribution in [2.75, 3.05) is 6.54 Å². The van der Waals surface area contributed by atoms with Crippen LogP contribution in [0.1, 0.15) is 31.5 Å². The molecular weight excluding hydrogens is 154 g/mol. The summed E-state index contributed by atoms with van der Waals surface area (Å²) in [6.45, 7) is 2.72. The van der Waals surface area contributed by atoms with E-state index in [9.17, 15) is 0 Å². The highest BCUT2D eigenvalue weighted by Gasteiger charge is 2.44. The molecule has 0 spiro atoms. The molecule has 1 fully saturated rings. The summed E-state index contributed by atoms with van der Waals surface area (Å²) in [6, 6.07) is 0. The zero-order valence-electron chi connectivity index (χ0n) is 7.21. The Labute approximate surface area is 71.1 Å². The Morgan fingerprint density at radius 3 is 2.92 bits per heavy atom. The van der Waals surface area contributed by atoms with Gasteiger partial charge in [0.2, 0.25) is 5.89 Å². The third-order valence-electron chi connectivity index (χ3n) is 2.35. The van der Waals surface area contributed by atoms with E-state index in [0.717, 1.165) is 24.6 Å². The largest absolute Gasteiger partial charge is 0.339 e. The van der Waals surface area contributed by atoms with Crippen molar-refractivity contribution in [1.82, 2.24) is 10.1 Å². The van der Waals surface area contributed by atoms with Crippen molar-refractivity contribution in [2.24, 2.45) is 5.73 Å². The molecule has 12 heavy (non-hydrogen) atoms. The highest BCUT2D eigenvalue weighted by molar-refractivity contribution is 5.12. The van der Waals surface area contributed by atoms with Crippen LogP contribution in [0.3, 0.4) is 0 Å². The van der Waals surface area contributed by atoms with Crippen LogP contribution < -0.4 is 5.73 Å². The molecule has 0 unspecified atom stereocenters. The average Bonchev–Trinajstić information content (AvgIpc) is 2.64. The molecule has 0 amide bonds. The fourth-order valence-corrected chi connectivity index (χ4v) is 1.13. The van der Waals surface area contributed by atoms with Crippen LogP contribution in [0.2, 0.25) is 0 Å². The third-order valence-corrected chi connectivity index (χ3v) is 2.35. The topological polar surface area (TPSA) is 64.9 Å². The molecule has 1 aromatic rings. The van der Waals surface area contributed by atoms with Crippen molar-refractivity contribution in [2.45, 2.75) is 31.6 Å². The third kappa shape index (κ3) is 1.22. The van der Waals surface area contributed by atoms with Crippen LogP contribution in [-0.2, 0) is 11.8 Å². The molecule has 1 aliphatic rings. The van der Waals surface area contributed by atoms with Gasteiger partial charge < -0.3 is 10.3 Å². The van der Waals surface area contributed by atoms with Crippen molar-refractivity contribution in [3.63, 3.8) is 0 Å². The van der Waals surface area contributed by atoms with Gasteiger partial charge in [-0.3, -0.25) is 0 Å². The van der Waals surface area contributed by atoms with E-state index in [1.165, 1.54) is 0 Å². The lowest BCUT2D eigenvalue weighted by Gasteiger charge is -1.96. The van der Waals surface area contributed by atoms with E-state index >= 15 is 0 Å². The zero-order valence-corrected chi connectivity index (χ0v) is 7.21. The molecule has 1 aromatic heterocycles. The van der Waals surface area contributed by atoms with Crippen LogP contribution in [0.4, 0.5) is 0 Å². The highest BCUT2D eigenvalue weighted by Crippen LogP contribution is 2.46.